The van der Waals surface area contributed by atoms with Crippen LogP contribution in [0.4, 0.5) is 0 Å². The van der Waals surface area contributed by atoms with Crippen LogP contribution in [0.3, 0.4) is 0 Å². The molecule has 3 nitrogen and oxygen atoms in total. The van der Waals surface area contributed by atoms with Gasteiger partial charge in [-0.3, -0.25) is 9.88 Å². The van der Waals surface area contributed by atoms with E-state index >= 15 is 0 Å². The van der Waals surface area contributed by atoms with E-state index in [0.29, 0.717) is 0 Å². The van der Waals surface area contributed by atoms with Gasteiger partial charge in [0.05, 0.1) is 6.10 Å². The first-order valence-electron chi connectivity index (χ1n) is 7.48. The molecule has 0 spiro atoms. The summed E-state index contributed by atoms with van der Waals surface area (Å²) in [6.45, 7) is 4.96. The molecule has 0 aliphatic rings. The number of hydrogen-bond donors (Lipinski definition) is 1. The Morgan fingerprint density at radius 2 is 1.86 bits per heavy atom. The van der Waals surface area contributed by atoms with Crippen LogP contribution in [0.2, 0.25) is 0 Å². The Kier molecular flexibility index (Phi) is 5.48. The lowest BCUT2D eigenvalue weighted by Gasteiger charge is -2.29. The molecule has 0 radical (unpaired) electrons. The van der Waals surface area contributed by atoms with Crippen LogP contribution in [-0.4, -0.2) is 28.1 Å². The van der Waals surface area contributed by atoms with E-state index in [4.69, 9.17) is 0 Å². The molecule has 0 saturated carbocycles. The number of likely N-dealkylation sites (N-methyl/N-ethyl adjacent to an activating group) is 1. The summed E-state index contributed by atoms with van der Waals surface area (Å²) in [5.41, 5.74) is 3.42. The van der Waals surface area contributed by atoms with Gasteiger partial charge in [0.15, 0.2) is 0 Å². The van der Waals surface area contributed by atoms with Gasteiger partial charge in [-0.25, -0.2) is 0 Å². The second-order valence-electron chi connectivity index (χ2n) is 5.56. The maximum Gasteiger partial charge on any atom is 0.0942 e. The normalized spacial score (nSPS) is 14.1. The summed E-state index contributed by atoms with van der Waals surface area (Å²) in [5, 5.41) is 10.5. The van der Waals surface area contributed by atoms with Crippen molar-refractivity contribution in [3.05, 3.63) is 65.5 Å². The number of nitrogens with zero attached hydrogens (tertiary/aromatic N) is 2. The fraction of sp³-hybridized carbons (Fsp3) is 0.389. The molecule has 2 atom stereocenters. The number of aliphatic hydroxyl groups excluding tert-OH is 1. The molecule has 2 aromatic rings. The van der Waals surface area contributed by atoms with Crippen molar-refractivity contribution in [1.29, 1.82) is 0 Å². The van der Waals surface area contributed by atoms with Crippen molar-refractivity contribution in [2.24, 2.45) is 0 Å². The zero-order valence-electron chi connectivity index (χ0n) is 13.0. The van der Waals surface area contributed by atoms with Crippen molar-refractivity contribution >= 4 is 0 Å². The average molecular weight is 284 g/mol. The van der Waals surface area contributed by atoms with Crippen molar-refractivity contribution in [2.75, 3.05) is 7.05 Å². The van der Waals surface area contributed by atoms with E-state index < -0.39 is 6.10 Å². The Balaban J connectivity index is 2.01. The third-order valence-corrected chi connectivity index (χ3v) is 4.04. The van der Waals surface area contributed by atoms with E-state index in [1.54, 1.807) is 6.20 Å². The number of aliphatic hydroxyl groups is 1. The van der Waals surface area contributed by atoms with E-state index in [-0.39, 0.29) is 6.04 Å². The van der Waals surface area contributed by atoms with Gasteiger partial charge in [-0.2, -0.15) is 0 Å². The number of pyridine rings is 1. The number of benzene rings is 1. The van der Waals surface area contributed by atoms with Crippen LogP contribution in [0.1, 0.15) is 36.6 Å². The van der Waals surface area contributed by atoms with Crippen LogP contribution in [0, 0.1) is 0 Å². The minimum absolute atomic E-state index is 0.0395. The highest BCUT2D eigenvalue weighted by Crippen LogP contribution is 2.21. The molecule has 1 aromatic heterocycles. The highest BCUT2D eigenvalue weighted by atomic mass is 16.3. The zero-order valence-corrected chi connectivity index (χ0v) is 13.0. The lowest BCUT2D eigenvalue weighted by molar-refractivity contribution is 0.0688. The number of aryl methyl sites for hydroxylation is 1. The number of rotatable bonds is 6. The Bertz CT molecular complexity index is 539. The Labute approximate surface area is 127 Å². The molecule has 1 heterocycles. The second kappa shape index (κ2) is 7.34. The van der Waals surface area contributed by atoms with E-state index in [0.717, 1.165) is 24.1 Å². The van der Waals surface area contributed by atoms with Crippen LogP contribution in [0.25, 0.3) is 0 Å². The van der Waals surface area contributed by atoms with Crippen LogP contribution in [-0.2, 0) is 13.0 Å². The maximum absolute atomic E-state index is 10.5. The maximum atomic E-state index is 10.5. The molecule has 2 rings (SSSR count). The van der Waals surface area contributed by atoms with E-state index in [1.165, 1.54) is 5.56 Å². The lowest BCUT2D eigenvalue weighted by Crippen LogP contribution is -2.34. The average Bonchev–Trinajstić information content (AvgIpc) is 2.54. The number of aromatic nitrogens is 1. The van der Waals surface area contributed by atoms with Crippen molar-refractivity contribution in [1.82, 2.24) is 9.88 Å². The quantitative estimate of drug-likeness (QED) is 0.885. The molecular formula is C18H24N2O. The van der Waals surface area contributed by atoms with Crippen molar-refractivity contribution in [3.63, 3.8) is 0 Å². The fourth-order valence-corrected chi connectivity index (χ4v) is 2.39. The lowest BCUT2D eigenvalue weighted by atomic mass is 10.0. The van der Waals surface area contributed by atoms with Gasteiger partial charge in [-0.05, 0) is 43.1 Å². The van der Waals surface area contributed by atoms with Gasteiger partial charge in [0, 0.05) is 25.0 Å². The topological polar surface area (TPSA) is 36.4 Å². The largest absolute Gasteiger partial charge is 0.387 e. The molecule has 3 heteroatoms. The summed E-state index contributed by atoms with van der Waals surface area (Å²) in [6, 6.07) is 12.3. The zero-order chi connectivity index (χ0) is 15.2. The molecule has 1 aromatic carbocycles. The van der Waals surface area contributed by atoms with Crippen LogP contribution in [0.5, 0.6) is 0 Å². The van der Waals surface area contributed by atoms with Crippen LogP contribution < -0.4 is 0 Å². The summed E-state index contributed by atoms with van der Waals surface area (Å²) < 4.78 is 0. The van der Waals surface area contributed by atoms with Gasteiger partial charge < -0.3 is 5.11 Å². The third kappa shape index (κ3) is 4.13. The molecule has 0 aliphatic heterocycles. The fourth-order valence-electron chi connectivity index (χ4n) is 2.39. The van der Waals surface area contributed by atoms with Crippen LogP contribution in [0.15, 0.2) is 48.8 Å². The Hall–Kier alpha value is -1.71. The predicted octanol–water partition coefficient (Wildman–Crippen LogP) is 3.20. The predicted molar refractivity (Wildman–Crippen MR) is 85.9 cm³/mol. The van der Waals surface area contributed by atoms with Crippen molar-refractivity contribution in [2.45, 2.75) is 39.0 Å². The summed E-state index contributed by atoms with van der Waals surface area (Å²) in [7, 11) is 2.03. The smallest absolute Gasteiger partial charge is 0.0942 e. The van der Waals surface area contributed by atoms with Gasteiger partial charge in [0.1, 0.15) is 0 Å². The van der Waals surface area contributed by atoms with E-state index in [2.05, 4.69) is 41.9 Å². The molecule has 0 bridgehead atoms. The van der Waals surface area contributed by atoms with Gasteiger partial charge in [-0.15, -0.1) is 0 Å². The van der Waals surface area contributed by atoms with E-state index in [9.17, 15) is 5.11 Å². The molecular weight excluding hydrogens is 260 g/mol. The monoisotopic (exact) mass is 284 g/mol. The van der Waals surface area contributed by atoms with Crippen LogP contribution >= 0.6 is 0 Å². The number of hydrogen-bond acceptors (Lipinski definition) is 3. The van der Waals surface area contributed by atoms with Crippen molar-refractivity contribution in [3.8, 4) is 0 Å². The SMILES string of the molecule is CCc1ccc(C(O)C(C)N(C)Cc2cccnc2)cc1. The standard InChI is InChI=1S/C18H24N2O/c1-4-15-7-9-17(10-8-15)18(21)14(2)20(3)13-16-6-5-11-19-12-16/h5-12,14,18,21H,4,13H2,1-3H3. The minimum atomic E-state index is -0.488. The summed E-state index contributed by atoms with van der Waals surface area (Å²) in [4.78, 5) is 6.28. The molecule has 0 amide bonds. The second-order valence-corrected chi connectivity index (χ2v) is 5.56. The van der Waals surface area contributed by atoms with E-state index in [1.807, 2.05) is 31.4 Å². The summed E-state index contributed by atoms with van der Waals surface area (Å²) in [6.07, 6.45) is 4.17. The molecule has 0 fully saturated rings. The van der Waals surface area contributed by atoms with Gasteiger partial charge in [0.2, 0.25) is 0 Å². The minimum Gasteiger partial charge on any atom is -0.387 e. The molecule has 2 unspecified atom stereocenters. The van der Waals surface area contributed by atoms with Gasteiger partial charge in [0.25, 0.3) is 0 Å². The first-order chi connectivity index (χ1) is 10.1. The Morgan fingerprint density at radius 1 is 1.14 bits per heavy atom. The Morgan fingerprint density at radius 3 is 2.43 bits per heavy atom. The van der Waals surface area contributed by atoms with Gasteiger partial charge in [-0.1, -0.05) is 37.3 Å². The molecule has 112 valence electrons. The summed E-state index contributed by atoms with van der Waals surface area (Å²) in [5.74, 6) is 0. The first-order valence-corrected chi connectivity index (χ1v) is 7.48. The van der Waals surface area contributed by atoms with Gasteiger partial charge >= 0.3 is 0 Å². The molecule has 0 saturated heterocycles. The summed E-state index contributed by atoms with van der Waals surface area (Å²) >= 11 is 0. The van der Waals surface area contributed by atoms with Crippen molar-refractivity contribution < 1.29 is 5.11 Å². The molecule has 1 N–H and O–H groups in total. The first kappa shape index (κ1) is 15.7. The highest BCUT2D eigenvalue weighted by Gasteiger charge is 2.20. The molecule has 21 heavy (non-hydrogen) atoms. The molecule has 0 aliphatic carbocycles. The third-order valence-electron chi connectivity index (χ3n) is 4.04. The highest BCUT2D eigenvalue weighted by molar-refractivity contribution is 5.25.